The Bertz CT molecular complexity index is 832. The van der Waals surface area contributed by atoms with E-state index in [2.05, 4.69) is 9.72 Å². The van der Waals surface area contributed by atoms with E-state index in [0.29, 0.717) is 17.8 Å². The van der Waals surface area contributed by atoms with Gasteiger partial charge in [0.05, 0.1) is 11.4 Å². The molecule has 2 rings (SSSR count). The topological polar surface area (TPSA) is 61.2 Å². The second-order valence-electron chi connectivity index (χ2n) is 5.86. The van der Waals surface area contributed by atoms with Gasteiger partial charge in [-0.1, -0.05) is 25.5 Å². The Morgan fingerprint density at radius 2 is 2.00 bits per heavy atom. The zero-order chi connectivity index (χ0) is 18.6. The molecule has 0 amide bonds. The maximum Gasteiger partial charge on any atom is 0.387 e. The number of imidazole rings is 1. The largest absolute Gasteiger partial charge is 0.435 e. The van der Waals surface area contributed by atoms with Gasteiger partial charge in [-0.3, -0.25) is 0 Å². The molecule has 1 heterocycles. The summed E-state index contributed by atoms with van der Waals surface area (Å²) in [5.74, 6) is -0.389. The first kappa shape index (κ1) is 19.4. The van der Waals surface area contributed by atoms with Crippen LogP contribution in [0.25, 0.3) is 0 Å². The minimum Gasteiger partial charge on any atom is -0.435 e. The van der Waals surface area contributed by atoms with Crippen LogP contribution in [-0.4, -0.2) is 24.6 Å². The zero-order valence-corrected chi connectivity index (χ0v) is 15.3. The Morgan fingerprint density at radius 1 is 1.28 bits per heavy atom. The van der Waals surface area contributed by atoms with Crippen molar-refractivity contribution in [3.8, 4) is 5.75 Å². The standard InChI is InChI=1S/C17H22F2N2O3S/c1-4-5-9-21-13(3)12(2)20-17(21)25(22,23)11-14-7-6-8-15(10-14)24-16(18)19/h6-8,10,16H,4-5,9,11H2,1-3H3. The van der Waals surface area contributed by atoms with Gasteiger partial charge in [0.15, 0.2) is 0 Å². The van der Waals surface area contributed by atoms with Crippen LogP contribution in [0.15, 0.2) is 29.4 Å². The highest BCUT2D eigenvalue weighted by molar-refractivity contribution is 7.90. The number of aromatic nitrogens is 2. The van der Waals surface area contributed by atoms with E-state index in [-0.39, 0.29) is 16.7 Å². The molecular weight excluding hydrogens is 350 g/mol. The van der Waals surface area contributed by atoms with E-state index in [9.17, 15) is 17.2 Å². The molecule has 8 heteroatoms. The SMILES string of the molecule is CCCCn1c(S(=O)(=O)Cc2cccc(OC(F)F)c2)nc(C)c1C. The van der Waals surface area contributed by atoms with Gasteiger partial charge in [0.25, 0.3) is 0 Å². The van der Waals surface area contributed by atoms with Crippen molar-refractivity contribution in [2.45, 2.75) is 57.7 Å². The van der Waals surface area contributed by atoms with Crippen LogP contribution < -0.4 is 4.74 Å². The van der Waals surface area contributed by atoms with Crippen molar-refractivity contribution in [1.29, 1.82) is 0 Å². The molecule has 0 saturated carbocycles. The van der Waals surface area contributed by atoms with E-state index in [4.69, 9.17) is 0 Å². The monoisotopic (exact) mass is 372 g/mol. The maximum atomic E-state index is 12.8. The molecule has 0 spiro atoms. The van der Waals surface area contributed by atoms with Gasteiger partial charge in [-0.05, 0) is 38.0 Å². The quantitative estimate of drug-likeness (QED) is 0.706. The van der Waals surface area contributed by atoms with Crippen molar-refractivity contribution in [2.75, 3.05) is 0 Å². The van der Waals surface area contributed by atoms with E-state index >= 15 is 0 Å². The number of alkyl halides is 2. The van der Waals surface area contributed by atoms with Crippen molar-refractivity contribution < 1.29 is 21.9 Å². The molecule has 0 unspecified atom stereocenters. The number of nitrogens with zero attached hydrogens (tertiary/aromatic N) is 2. The molecule has 2 aromatic rings. The predicted molar refractivity (Wildman–Crippen MR) is 90.6 cm³/mol. The van der Waals surface area contributed by atoms with Crippen LogP contribution in [0.2, 0.25) is 0 Å². The minimum absolute atomic E-state index is 0.0242. The maximum absolute atomic E-state index is 12.8. The lowest BCUT2D eigenvalue weighted by Gasteiger charge is -2.11. The van der Waals surface area contributed by atoms with Gasteiger partial charge in [0.1, 0.15) is 5.75 Å². The highest BCUT2D eigenvalue weighted by Crippen LogP contribution is 2.23. The molecule has 0 fully saturated rings. The summed E-state index contributed by atoms with van der Waals surface area (Å²) in [4.78, 5) is 4.23. The van der Waals surface area contributed by atoms with Crippen LogP contribution in [-0.2, 0) is 22.1 Å². The van der Waals surface area contributed by atoms with Gasteiger partial charge in [-0.25, -0.2) is 13.4 Å². The number of halogens is 2. The molecule has 0 N–H and O–H groups in total. The third-order valence-electron chi connectivity index (χ3n) is 3.92. The third-order valence-corrected chi connectivity index (χ3v) is 5.50. The van der Waals surface area contributed by atoms with Gasteiger partial charge in [-0.15, -0.1) is 0 Å². The lowest BCUT2D eigenvalue weighted by Crippen LogP contribution is -2.14. The second-order valence-corrected chi connectivity index (χ2v) is 7.74. The summed E-state index contributed by atoms with van der Waals surface area (Å²) in [6.07, 6.45) is 1.78. The van der Waals surface area contributed by atoms with Crippen LogP contribution >= 0.6 is 0 Å². The number of sulfone groups is 1. The van der Waals surface area contributed by atoms with Gasteiger partial charge >= 0.3 is 6.61 Å². The average molecular weight is 372 g/mol. The molecule has 1 aromatic carbocycles. The molecule has 25 heavy (non-hydrogen) atoms. The molecule has 0 saturated heterocycles. The predicted octanol–water partition coefficient (Wildman–Crippen LogP) is 3.88. The first-order valence-corrected chi connectivity index (χ1v) is 9.70. The van der Waals surface area contributed by atoms with E-state index in [1.807, 2.05) is 13.8 Å². The summed E-state index contributed by atoms with van der Waals surface area (Å²) < 4.78 is 56.3. The normalized spacial score (nSPS) is 11.9. The molecule has 0 aliphatic heterocycles. The summed E-state index contributed by atoms with van der Waals surface area (Å²) in [6.45, 7) is 3.26. The smallest absolute Gasteiger partial charge is 0.387 e. The summed E-state index contributed by atoms with van der Waals surface area (Å²) >= 11 is 0. The van der Waals surface area contributed by atoms with Gasteiger partial charge in [0, 0.05) is 12.2 Å². The van der Waals surface area contributed by atoms with Crippen molar-refractivity contribution in [1.82, 2.24) is 9.55 Å². The van der Waals surface area contributed by atoms with Gasteiger partial charge in [-0.2, -0.15) is 8.78 Å². The number of rotatable bonds is 8. The van der Waals surface area contributed by atoms with Crippen LogP contribution in [0.4, 0.5) is 8.78 Å². The van der Waals surface area contributed by atoms with E-state index < -0.39 is 16.4 Å². The molecule has 0 aliphatic rings. The van der Waals surface area contributed by atoms with Crippen LogP contribution in [0, 0.1) is 13.8 Å². The molecule has 0 atom stereocenters. The van der Waals surface area contributed by atoms with Gasteiger partial charge < -0.3 is 9.30 Å². The summed E-state index contributed by atoms with van der Waals surface area (Å²) in [7, 11) is -3.71. The number of benzene rings is 1. The van der Waals surface area contributed by atoms with Crippen LogP contribution in [0.1, 0.15) is 36.7 Å². The average Bonchev–Trinajstić information content (AvgIpc) is 2.81. The Labute approximate surface area is 146 Å². The number of aryl methyl sites for hydroxylation is 1. The Morgan fingerprint density at radius 3 is 2.64 bits per heavy atom. The van der Waals surface area contributed by atoms with Crippen molar-refractivity contribution in [3.05, 3.63) is 41.2 Å². The fourth-order valence-electron chi connectivity index (χ4n) is 2.54. The molecule has 0 bridgehead atoms. The summed E-state index contributed by atoms with van der Waals surface area (Å²) in [6, 6.07) is 5.72. The molecule has 1 aromatic heterocycles. The fraction of sp³-hybridized carbons (Fsp3) is 0.471. The minimum atomic E-state index is -3.71. The third kappa shape index (κ3) is 4.78. The molecule has 138 valence electrons. The second kappa shape index (κ2) is 7.95. The summed E-state index contributed by atoms with van der Waals surface area (Å²) in [5, 5.41) is 0.0242. The number of hydrogen-bond acceptors (Lipinski definition) is 4. The molecule has 0 aliphatic carbocycles. The van der Waals surface area contributed by atoms with Crippen molar-refractivity contribution in [3.63, 3.8) is 0 Å². The van der Waals surface area contributed by atoms with Crippen molar-refractivity contribution >= 4 is 9.84 Å². The van der Waals surface area contributed by atoms with Gasteiger partial charge in [0.2, 0.25) is 15.0 Å². The van der Waals surface area contributed by atoms with Crippen molar-refractivity contribution in [2.24, 2.45) is 0 Å². The highest BCUT2D eigenvalue weighted by Gasteiger charge is 2.24. The van der Waals surface area contributed by atoms with E-state index in [1.165, 1.54) is 18.2 Å². The first-order chi connectivity index (χ1) is 11.7. The Hall–Kier alpha value is -1.96. The number of unbranched alkanes of at least 4 members (excludes halogenated alkanes) is 1. The molecule has 5 nitrogen and oxygen atoms in total. The van der Waals surface area contributed by atoms with E-state index in [0.717, 1.165) is 18.5 Å². The molecular formula is C17H22F2N2O3S. The summed E-state index contributed by atoms with van der Waals surface area (Å²) in [5.41, 5.74) is 1.87. The highest BCUT2D eigenvalue weighted by atomic mass is 32.2. The number of hydrogen-bond donors (Lipinski definition) is 0. The molecule has 0 radical (unpaired) electrons. The lowest BCUT2D eigenvalue weighted by molar-refractivity contribution is -0.0498. The number of ether oxygens (including phenoxy) is 1. The fourth-order valence-corrected chi connectivity index (χ4v) is 4.12. The van der Waals surface area contributed by atoms with Crippen LogP contribution in [0.5, 0.6) is 5.75 Å². The van der Waals surface area contributed by atoms with E-state index in [1.54, 1.807) is 17.6 Å². The lowest BCUT2D eigenvalue weighted by atomic mass is 10.2. The first-order valence-electron chi connectivity index (χ1n) is 8.05. The Balaban J connectivity index is 2.32. The van der Waals surface area contributed by atoms with Crippen LogP contribution in [0.3, 0.4) is 0 Å². The Kier molecular flexibility index (Phi) is 6.16. The zero-order valence-electron chi connectivity index (χ0n) is 14.5.